The third kappa shape index (κ3) is 3.24. The first-order valence-corrected chi connectivity index (χ1v) is 8.73. The second-order valence-electron chi connectivity index (χ2n) is 6.56. The molecule has 0 bridgehead atoms. The molecule has 6 heteroatoms. The molecule has 25 heavy (non-hydrogen) atoms. The fraction of sp³-hybridized carbons (Fsp3) is 0.368. The van der Waals surface area contributed by atoms with E-state index in [4.69, 9.17) is 4.98 Å². The molecule has 1 unspecified atom stereocenters. The number of aryl methyl sites for hydroxylation is 2. The molecular weight excluding hydrogens is 312 g/mol. The fourth-order valence-corrected chi connectivity index (χ4v) is 3.47. The van der Waals surface area contributed by atoms with Crippen LogP contribution in [0.2, 0.25) is 0 Å². The molecule has 0 saturated carbocycles. The highest BCUT2D eigenvalue weighted by Crippen LogP contribution is 2.34. The first-order chi connectivity index (χ1) is 12.2. The molecule has 3 aromatic rings. The van der Waals surface area contributed by atoms with Crippen LogP contribution in [0.1, 0.15) is 36.6 Å². The number of piperidine rings is 1. The van der Waals surface area contributed by atoms with Crippen molar-refractivity contribution in [3.05, 3.63) is 54.1 Å². The van der Waals surface area contributed by atoms with Gasteiger partial charge in [-0.1, -0.05) is 6.07 Å². The van der Waals surface area contributed by atoms with Crippen molar-refractivity contribution in [3.63, 3.8) is 0 Å². The van der Waals surface area contributed by atoms with E-state index in [1.54, 1.807) is 6.20 Å². The molecule has 0 radical (unpaired) electrons. The van der Waals surface area contributed by atoms with Crippen molar-refractivity contribution < 1.29 is 0 Å². The summed E-state index contributed by atoms with van der Waals surface area (Å²) < 4.78 is 1.87. The van der Waals surface area contributed by atoms with Gasteiger partial charge >= 0.3 is 0 Å². The van der Waals surface area contributed by atoms with Crippen LogP contribution in [-0.4, -0.2) is 31.3 Å². The summed E-state index contributed by atoms with van der Waals surface area (Å²) in [6.07, 6.45) is 9.38. The van der Waals surface area contributed by atoms with Gasteiger partial charge in [0.05, 0.1) is 12.2 Å². The minimum atomic E-state index is 0.313. The van der Waals surface area contributed by atoms with Gasteiger partial charge in [0.1, 0.15) is 11.5 Å². The summed E-state index contributed by atoms with van der Waals surface area (Å²) >= 11 is 0. The SMILES string of the molecule is Cc1cc(N2CCCCC2c2cnn(C)c2)nc(-c2ccccn2)n1. The molecule has 1 aliphatic heterocycles. The van der Waals surface area contributed by atoms with E-state index < -0.39 is 0 Å². The molecule has 0 amide bonds. The first kappa shape index (κ1) is 15.7. The van der Waals surface area contributed by atoms with Gasteiger partial charge in [0.15, 0.2) is 5.82 Å². The predicted octanol–water partition coefficient (Wildman–Crippen LogP) is 3.31. The lowest BCUT2D eigenvalue weighted by Crippen LogP contribution is -2.34. The van der Waals surface area contributed by atoms with Crippen LogP contribution in [0.4, 0.5) is 5.82 Å². The van der Waals surface area contributed by atoms with Crippen LogP contribution >= 0.6 is 0 Å². The Bertz CT molecular complexity index is 857. The van der Waals surface area contributed by atoms with Gasteiger partial charge in [0.25, 0.3) is 0 Å². The van der Waals surface area contributed by atoms with Crippen molar-refractivity contribution >= 4 is 5.82 Å². The fourth-order valence-electron chi connectivity index (χ4n) is 3.47. The normalized spacial score (nSPS) is 17.7. The maximum atomic E-state index is 4.84. The zero-order chi connectivity index (χ0) is 17.2. The molecule has 4 heterocycles. The number of hydrogen-bond donors (Lipinski definition) is 0. The van der Waals surface area contributed by atoms with E-state index in [-0.39, 0.29) is 0 Å². The Labute approximate surface area is 147 Å². The van der Waals surface area contributed by atoms with E-state index in [2.05, 4.69) is 32.2 Å². The van der Waals surface area contributed by atoms with Crippen molar-refractivity contribution in [2.45, 2.75) is 32.2 Å². The topological polar surface area (TPSA) is 59.7 Å². The van der Waals surface area contributed by atoms with Gasteiger partial charge in [-0.3, -0.25) is 9.67 Å². The summed E-state index contributed by atoms with van der Waals surface area (Å²) in [5.41, 5.74) is 3.02. The van der Waals surface area contributed by atoms with Gasteiger partial charge in [0.2, 0.25) is 0 Å². The van der Waals surface area contributed by atoms with E-state index in [1.807, 2.05) is 43.0 Å². The molecule has 3 aromatic heterocycles. The van der Waals surface area contributed by atoms with Gasteiger partial charge in [-0.25, -0.2) is 9.97 Å². The molecule has 1 aliphatic rings. The van der Waals surface area contributed by atoms with Crippen LogP contribution in [0, 0.1) is 6.92 Å². The number of hydrogen-bond acceptors (Lipinski definition) is 5. The highest BCUT2D eigenvalue weighted by Gasteiger charge is 2.26. The predicted molar refractivity (Wildman–Crippen MR) is 97.1 cm³/mol. The maximum Gasteiger partial charge on any atom is 0.180 e. The van der Waals surface area contributed by atoms with Crippen molar-refractivity contribution in [1.82, 2.24) is 24.7 Å². The summed E-state index contributed by atoms with van der Waals surface area (Å²) in [7, 11) is 1.96. The first-order valence-electron chi connectivity index (χ1n) is 8.73. The molecule has 4 rings (SSSR count). The Balaban J connectivity index is 1.73. The Morgan fingerprint density at radius 1 is 1.16 bits per heavy atom. The summed E-state index contributed by atoms with van der Waals surface area (Å²) in [6.45, 7) is 3.01. The smallest absolute Gasteiger partial charge is 0.180 e. The van der Waals surface area contributed by atoms with Crippen molar-refractivity contribution in [1.29, 1.82) is 0 Å². The number of rotatable bonds is 3. The molecule has 0 aliphatic carbocycles. The number of aromatic nitrogens is 5. The summed E-state index contributed by atoms with van der Waals surface area (Å²) in [5.74, 6) is 1.66. The Kier molecular flexibility index (Phi) is 4.17. The molecule has 1 saturated heterocycles. The Morgan fingerprint density at radius 2 is 2.08 bits per heavy atom. The minimum Gasteiger partial charge on any atom is -0.349 e. The highest BCUT2D eigenvalue weighted by molar-refractivity contribution is 5.54. The molecule has 128 valence electrons. The van der Waals surface area contributed by atoms with E-state index in [9.17, 15) is 0 Å². The lowest BCUT2D eigenvalue weighted by Gasteiger charge is -2.36. The molecule has 1 atom stereocenters. The van der Waals surface area contributed by atoms with E-state index in [0.717, 1.165) is 30.2 Å². The van der Waals surface area contributed by atoms with Crippen LogP contribution in [0.25, 0.3) is 11.5 Å². The van der Waals surface area contributed by atoms with E-state index >= 15 is 0 Å². The van der Waals surface area contributed by atoms with Gasteiger partial charge in [0, 0.05) is 43.3 Å². The molecule has 1 fully saturated rings. The molecular formula is C19H22N6. The van der Waals surface area contributed by atoms with Crippen LogP contribution in [-0.2, 0) is 7.05 Å². The average molecular weight is 334 g/mol. The maximum absolute atomic E-state index is 4.84. The third-order valence-electron chi connectivity index (χ3n) is 4.64. The van der Waals surface area contributed by atoms with Crippen LogP contribution in [0.5, 0.6) is 0 Å². The second-order valence-corrected chi connectivity index (χ2v) is 6.56. The van der Waals surface area contributed by atoms with Crippen molar-refractivity contribution in [2.75, 3.05) is 11.4 Å². The molecule has 0 spiro atoms. The summed E-state index contributed by atoms with van der Waals surface area (Å²) in [5, 5.41) is 4.35. The second kappa shape index (κ2) is 6.63. The van der Waals surface area contributed by atoms with Gasteiger partial charge in [-0.2, -0.15) is 5.10 Å². The van der Waals surface area contributed by atoms with Gasteiger partial charge in [-0.05, 0) is 38.3 Å². The molecule has 6 nitrogen and oxygen atoms in total. The van der Waals surface area contributed by atoms with Crippen LogP contribution < -0.4 is 4.90 Å². The highest BCUT2D eigenvalue weighted by atomic mass is 15.3. The minimum absolute atomic E-state index is 0.313. The summed E-state index contributed by atoms with van der Waals surface area (Å²) in [6, 6.07) is 8.21. The quantitative estimate of drug-likeness (QED) is 0.735. The van der Waals surface area contributed by atoms with Crippen LogP contribution in [0.3, 0.4) is 0 Å². The summed E-state index contributed by atoms with van der Waals surface area (Å²) in [4.78, 5) is 16.2. The number of nitrogens with zero attached hydrogens (tertiary/aromatic N) is 6. The van der Waals surface area contributed by atoms with Crippen molar-refractivity contribution in [3.8, 4) is 11.5 Å². The monoisotopic (exact) mass is 334 g/mol. The zero-order valence-corrected chi connectivity index (χ0v) is 14.6. The van der Waals surface area contributed by atoms with E-state index in [0.29, 0.717) is 11.9 Å². The number of pyridine rings is 1. The third-order valence-corrected chi connectivity index (χ3v) is 4.64. The standard InChI is InChI=1S/C19H22N6/c1-14-11-18(23-19(22-14)16-7-3-5-9-20-16)25-10-6-4-8-17(25)15-12-21-24(2)13-15/h3,5,7,9,11-13,17H,4,6,8,10H2,1-2H3. The van der Waals surface area contributed by atoms with Crippen LogP contribution in [0.15, 0.2) is 42.9 Å². The van der Waals surface area contributed by atoms with E-state index in [1.165, 1.54) is 18.4 Å². The van der Waals surface area contributed by atoms with Crippen molar-refractivity contribution in [2.24, 2.45) is 7.05 Å². The number of anilines is 1. The Morgan fingerprint density at radius 3 is 2.84 bits per heavy atom. The molecule has 0 aromatic carbocycles. The largest absolute Gasteiger partial charge is 0.349 e. The molecule has 0 N–H and O–H groups in total. The lowest BCUT2D eigenvalue weighted by molar-refractivity contribution is 0.469. The lowest BCUT2D eigenvalue weighted by atomic mass is 9.97. The zero-order valence-electron chi connectivity index (χ0n) is 14.6. The Hall–Kier alpha value is -2.76. The van der Waals surface area contributed by atoms with Gasteiger partial charge in [-0.15, -0.1) is 0 Å². The average Bonchev–Trinajstić information content (AvgIpc) is 3.08. The van der Waals surface area contributed by atoms with Gasteiger partial charge < -0.3 is 4.90 Å².